The summed E-state index contributed by atoms with van der Waals surface area (Å²) < 4.78 is 5.26. The number of ether oxygens (including phenoxy) is 1. The van der Waals surface area contributed by atoms with Crippen molar-refractivity contribution in [3.05, 3.63) is 23.8 Å². The second-order valence-corrected chi connectivity index (χ2v) is 6.00. The van der Waals surface area contributed by atoms with E-state index in [1.807, 2.05) is 12.1 Å². The number of fused-ring (bicyclic) bond motifs is 1. The number of anilines is 2. The predicted molar refractivity (Wildman–Crippen MR) is 83.6 cm³/mol. The first-order chi connectivity index (χ1) is 10.6. The minimum Gasteiger partial charge on any atom is -0.381 e. The lowest BCUT2D eigenvalue weighted by Gasteiger charge is -2.31. The molecule has 0 atom stereocenters. The smallest absolute Gasteiger partial charge is 0.244 e. The van der Waals surface area contributed by atoms with Crippen LogP contribution in [0.3, 0.4) is 0 Å². The third kappa shape index (κ3) is 3.13. The standard InChI is InChI=1S/C16H21N3O3/c17-16(6-8-22-9-7-16)15(21)18-12-4-5-13-11(10-12)2-1-3-14(20)19-13/h4-5,10H,1-3,6-9,17H2,(H,18,21)(H,19,20). The van der Waals surface area contributed by atoms with E-state index in [0.717, 1.165) is 29.8 Å². The average Bonchev–Trinajstić information content (AvgIpc) is 2.68. The van der Waals surface area contributed by atoms with Crippen LogP contribution in [-0.2, 0) is 20.7 Å². The molecule has 2 aliphatic rings. The molecule has 0 radical (unpaired) electrons. The molecule has 6 heteroatoms. The van der Waals surface area contributed by atoms with E-state index in [-0.39, 0.29) is 11.8 Å². The Morgan fingerprint density at radius 3 is 2.82 bits per heavy atom. The highest BCUT2D eigenvalue weighted by Crippen LogP contribution is 2.26. The van der Waals surface area contributed by atoms with Gasteiger partial charge >= 0.3 is 0 Å². The van der Waals surface area contributed by atoms with Crippen LogP contribution in [0.4, 0.5) is 11.4 Å². The summed E-state index contributed by atoms with van der Waals surface area (Å²) in [6.07, 6.45) is 3.22. The first kappa shape index (κ1) is 15.0. The van der Waals surface area contributed by atoms with E-state index in [9.17, 15) is 9.59 Å². The zero-order valence-corrected chi connectivity index (χ0v) is 12.5. The molecule has 4 N–H and O–H groups in total. The number of nitrogens with one attached hydrogen (secondary N) is 2. The third-order valence-corrected chi connectivity index (χ3v) is 4.32. The lowest BCUT2D eigenvalue weighted by atomic mass is 9.90. The van der Waals surface area contributed by atoms with Gasteiger partial charge in [0.25, 0.3) is 0 Å². The minimum atomic E-state index is -0.862. The van der Waals surface area contributed by atoms with Crippen molar-refractivity contribution in [3.63, 3.8) is 0 Å². The van der Waals surface area contributed by atoms with Crippen LogP contribution in [0.5, 0.6) is 0 Å². The molecule has 0 aromatic heterocycles. The van der Waals surface area contributed by atoms with Gasteiger partial charge in [-0.25, -0.2) is 0 Å². The van der Waals surface area contributed by atoms with Crippen LogP contribution in [0.2, 0.25) is 0 Å². The summed E-state index contributed by atoms with van der Waals surface area (Å²) in [5.41, 5.74) is 7.91. The Balaban J connectivity index is 1.74. The monoisotopic (exact) mass is 303 g/mol. The van der Waals surface area contributed by atoms with E-state index >= 15 is 0 Å². The summed E-state index contributed by atoms with van der Waals surface area (Å²) in [5.74, 6) is -0.132. The molecule has 22 heavy (non-hydrogen) atoms. The van der Waals surface area contributed by atoms with Crippen LogP contribution < -0.4 is 16.4 Å². The number of nitrogens with two attached hydrogens (primary N) is 1. The van der Waals surface area contributed by atoms with Gasteiger partial charge < -0.3 is 21.1 Å². The predicted octanol–water partition coefficient (Wildman–Crippen LogP) is 1.41. The molecular formula is C16H21N3O3. The van der Waals surface area contributed by atoms with Crippen LogP contribution >= 0.6 is 0 Å². The van der Waals surface area contributed by atoms with Crippen LogP contribution in [0.15, 0.2) is 18.2 Å². The van der Waals surface area contributed by atoms with Crippen molar-refractivity contribution in [1.29, 1.82) is 0 Å². The van der Waals surface area contributed by atoms with Gasteiger partial charge in [0.1, 0.15) is 5.54 Å². The normalized spacial score (nSPS) is 20.5. The van der Waals surface area contributed by atoms with Gasteiger partial charge in [0, 0.05) is 31.0 Å². The van der Waals surface area contributed by atoms with Crippen molar-refractivity contribution in [2.45, 2.75) is 37.6 Å². The van der Waals surface area contributed by atoms with Gasteiger partial charge in [0.05, 0.1) is 0 Å². The molecule has 118 valence electrons. The van der Waals surface area contributed by atoms with E-state index in [2.05, 4.69) is 10.6 Å². The van der Waals surface area contributed by atoms with E-state index in [0.29, 0.717) is 32.5 Å². The zero-order chi connectivity index (χ0) is 15.6. The van der Waals surface area contributed by atoms with Crippen LogP contribution in [0.1, 0.15) is 31.2 Å². The highest BCUT2D eigenvalue weighted by atomic mass is 16.5. The second kappa shape index (κ2) is 6.06. The largest absolute Gasteiger partial charge is 0.381 e. The summed E-state index contributed by atoms with van der Waals surface area (Å²) in [7, 11) is 0. The number of carbonyl (C=O) groups is 2. The highest BCUT2D eigenvalue weighted by Gasteiger charge is 2.36. The highest BCUT2D eigenvalue weighted by molar-refractivity contribution is 5.99. The van der Waals surface area contributed by atoms with E-state index in [1.54, 1.807) is 6.07 Å². The fraction of sp³-hybridized carbons (Fsp3) is 0.500. The lowest BCUT2D eigenvalue weighted by molar-refractivity contribution is -0.124. The van der Waals surface area contributed by atoms with Crippen molar-refractivity contribution < 1.29 is 14.3 Å². The minimum absolute atomic E-state index is 0.0404. The van der Waals surface area contributed by atoms with Crippen molar-refractivity contribution >= 4 is 23.2 Å². The number of carbonyl (C=O) groups excluding carboxylic acids is 2. The molecule has 1 aromatic carbocycles. The van der Waals surface area contributed by atoms with Crippen molar-refractivity contribution in [1.82, 2.24) is 0 Å². The van der Waals surface area contributed by atoms with Crippen LogP contribution in [0.25, 0.3) is 0 Å². The SMILES string of the molecule is NC1(C(=O)Nc2ccc3c(c2)CCCC(=O)N3)CCOCC1. The van der Waals surface area contributed by atoms with Crippen LogP contribution in [-0.4, -0.2) is 30.6 Å². The summed E-state index contributed by atoms with van der Waals surface area (Å²) in [4.78, 5) is 24.0. The maximum Gasteiger partial charge on any atom is 0.244 e. The number of amides is 2. The van der Waals surface area contributed by atoms with Gasteiger partial charge in [0.15, 0.2) is 0 Å². The zero-order valence-electron chi connectivity index (χ0n) is 12.5. The summed E-state index contributed by atoms with van der Waals surface area (Å²) >= 11 is 0. The van der Waals surface area contributed by atoms with Gasteiger partial charge in [-0.1, -0.05) is 0 Å². The topological polar surface area (TPSA) is 93.5 Å². The molecule has 3 rings (SSSR count). The molecule has 6 nitrogen and oxygen atoms in total. The molecule has 0 bridgehead atoms. The van der Waals surface area contributed by atoms with Crippen molar-refractivity contribution in [3.8, 4) is 0 Å². The quantitative estimate of drug-likeness (QED) is 0.770. The molecule has 0 spiro atoms. The van der Waals surface area contributed by atoms with Gasteiger partial charge in [0.2, 0.25) is 11.8 Å². The second-order valence-electron chi connectivity index (χ2n) is 6.00. The Labute approximate surface area is 129 Å². The Kier molecular flexibility index (Phi) is 4.13. The molecule has 0 unspecified atom stereocenters. The molecule has 1 fully saturated rings. The van der Waals surface area contributed by atoms with Crippen molar-refractivity contribution in [2.24, 2.45) is 5.73 Å². The molecule has 2 aliphatic heterocycles. The molecule has 1 saturated heterocycles. The fourth-order valence-corrected chi connectivity index (χ4v) is 2.87. The Morgan fingerprint density at radius 2 is 2.05 bits per heavy atom. The first-order valence-electron chi connectivity index (χ1n) is 7.68. The number of aryl methyl sites for hydroxylation is 1. The third-order valence-electron chi connectivity index (χ3n) is 4.32. The molecule has 1 aromatic rings. The average molecular weight is 303 g/mol. The van der Waals surface area contributed by atoms with E-state index < -0.39 is 5.54 Å². The van der Waals surface area contributed by atoms with Crippen LogP contribution in [0, 0.1) is 0 Å². The lowest BCUT2D eigenvalue weighted by Crippen LogP contribution is -2.54. The van der Waals surface area contributed by atoms with E-state index in [4.69, 9.17) is 10.5 Å². The molecule has 2 amide bonds. The van der Waals surface area contributed by atoms with Gasteiger partial charge in [-0.3, -0.25) is 9.59 Å². The summed E-state index contributed by atoms with van der Waals surface area (Å²) in [6.45, 7) is 1.03. The maximum absolute atomic E-state index is 12.4. The van der Waals surface area contributed by atoms with Gasteiger partial charge in [-0.15, -0.1) is 0 Å². The van der Waals surface area contributed by atoms with Crippen molar-refractivity contribution in [2.75, 3.05) is 23.8 Å². The molecule has 2 heterocycles. The van der Waals surface area contributed by atoms with E-state index in [1.165, 1.54) is 0 Å². The maximum atomic E-state index is 12.4. The summed E-state index contributed by atoms with van der Waals surface area (Å²) in [6, 6.07) is 5.55. The fourth-order valence-electron chi connectivity index (χ4n) is 2.87. The van der Waals surface area contributed by atoms with Gasteiger partial charge in [-0.2, -0.15) is 0 Å². The Hall–Kier alpha value is -1.92. The number of hydrogen-bond acceptors (Lipinski definition) is 4. The first-order valence-corrected chi connectivity index (χ1v) is 7.68. The molecule has 0 aliphatic carbocycles. The van der Waals surface area contributed by atoms with Gasteiger partial charge in [-0.05, 0) is 49.4 Å². The summed E-state index contributed by atoms with van der Waals surface area (Å²) in [5, 5.41) is 5.78. The number of benzene rings is 1. The Morgan fingerprint density at radius 1 is 1.27 bits per heavy atom. The molecule has 0 saturated carbocycles. The number of hydrogen-bond donors (Lipinski definition) is 3. The Bertz CT molecular complexity index is 594. The molecular weight excluding hydrogens is 282 g/mol. The number of rotatable bonds is 2.